The zero-order chi connectivity index (χ0) is 14.5. The molecule has 0 amide bonds. The van der Waals surface area contributed by atoms with Crippen LogP contribution in [-0.2, 0) is 9.53 Å². The van der Waals surface area contributed by atoms with Gasteiger partial charge in [-0.15, -0.1) is 0 Å². The normalized spacial score (nSPS) is 10.1. The van der Waals surface area contributed by atoms with Gasteiger partial charge in [0, 0.05) is 11.9 Å². The number of nitriles is 1. The highest BCUT2D eigenvalue weighted by atomic mass is 16.5. The summed E-state index contributed by atoms with van der Waals surface area (Å²) in [4.78, 5) is 17.7. The fraction of sp³-hybridized carbons (Fsp3) is 0.267. The molecule has 1 aromatic heterocycles. The first-order valence-electron chi connectivity index (χ1n) is 6.31. The van der Waals surface area contributed by atoms with Gasteiger partial charge in [0.2, 0.25) is 0 Å². The number of anilines is 1. The smallest absolute Gasteiger partial charge is 0.325 e. The van der Waals surface area contributed by atoms with Gasteiger partial charge in [0.25, 0.3) is 0 Å². The zero-order valence-corrected chi connectivity index (χ0v) is 11.5. The van der Waals surface area contributed by atoms with Crippen molar-refractivity contribution in [3.8, 4) is 6.07 Å². The van der Waals surface area contributed by atoms with E-state index >= 15 is 0 Å². The number of carbonyl (C=O) groups excluding carboxylic acids is 1. The van der Waals surface area contributed by atoms with Gasteiger partial charge in [0.1, 0.15) is 18.4 Å². The van der Waals surface area contributed by atoms with E-state index in [2.05, 4.69) is 15.8 Å². The molecule has 0 spiro atoms. The van der Waals surface area contributed by atoms with Crippen LogP contribution in [0.3, 0.4) is 0 Å². The molecule has 0 fully saturated rings. The van der Waals surface area contributed by atoms with E-state index in [1.165, 1.54) is 7.11 Å². The summed E-state index contributed by atoms with van der Waals surface area (Å²) < 4.78 is 4.67. The van der Waals surface area contributed by atoms with Gasteiger partial charge >= 0.3 is 5.97 Å². The number of rotatable bonds is 4. The van der Waals surface area contributed by atoms with E-state index in [0.29, 0.717) is 17.9 Å². The van der Waals surface area contributed by atoms with Gasteiger partial charge in [-0.05, 0) is 19.1 Å². The first-order chi connectivity index (χ1) is 9.69. The lowest BCUT2D eigenvalue weighted by atomic mass is 10.1. The minimum absolute atomic E-state index is 0.0764. The Hall–Kier alpha value is -2.61. The van der Waals surface area contributed by atoms with Crippen molar-refractivity contribution in [3.05, 3.63) is 35.9 Å². The zero-order valence-electron chi connectivity index (χ0n) is 11.5. The Bertz CT molecular complexity index is 676. The maximum atomic E-state index is 11.4. The number of hydrogen-bond donors (Lipinski definition) is 0. The number of benzene rings is 1. The number of pyridine rings is 1. The fourth-order valence-electron chi connectivity index (χ4n) is 1.99. The van der Waals surface area contributed by atoms with E-state index in [0.717, 1.165) is 10.9 Å². The number of likely N-dealkylation sites (N-methyl/N-ethyl adjacent to an activating group) is 1. The van der Waals surface area contributed by atoms with Crippen LogP contribution in [-0.4, -0.2) is 31.2 Å². The van der Waals surface area contributed by atoms with Crippen molar-refractivity contribution in [2.24, 2.45) is 0 Å². The van der Waals surface area contributed by atoms with Crippen LogP contribution < -0.4 is 4.90 Å². The Kier molecular flexibility index (Phi) is 4.16. The van der Waals surface area contributed by atoms with E-state index in [-0.39, 0.29) is 12.5 Å². The summed E-state index contributed by atoms with van der Waals surface area (Å²) in [5.41, 5.74) is 1.25. The number of para-hydroxylation sites is 1. The number of aromatic nitrogens is 1. The number of hydrogen-bond acceptors (Lipinski definition) is 5. The predicted octanol–water partition coefficient (Wildman–Crippen LogP) is 2.11. The number of ether oxygens (including phenoxy) is 1. The van der Waals surface area contributed by atoms with Gasteiger partial charge in [-0.2, -0.15) is 5.26 Å². The van der Waals surface area contributed by atoms with E-state index in [4.69, 9.17) is 0 Å². The monoisotopic (exact) mass is 269 g/mol. The largest absolute Gasteiger partial charge is 0.468 e. The van der Waals surface area contributed by atoms with E-state index in [1.54, 1.807) is 11.0 Å². The van der Waals surface area contributed by atoms with Crippen LogP contribution >= 0.6 is 0 Å². The predicted molar refractivity (Wildman–Crippen MR) is 76.4 cm³/mol. The molecule has 0 saturated heterocycles. The molecular formula is C15H15N3O2. The Labute approximate surface area is 117 Å². The van der Waals surface area contributed by atoms with Crippen LogP contribution in [0.2, 0.25) is 0 Å². The highest BCUT2D eigenvalue weighted by Crippen LogP contribution is 2.22. The third-order valence-corrected chi connectivity index (χ3v) is 3.05. The first kappa shape index (κ1) is 13.8. The van der Waals surface area contributed by atoms with Gasteiger partial charge in [-0.25, -0.2) is 4.98 Å². The van der Waals surface area contributed by atoms with Gasteiger partial charge in [0.15, 0.2) is 0 Å². The lowest BCUT2D eigenvalue weighted by Crippen LogP contribution is -2.31. The molecule has 2 rings (SSSR count). The SMILES string of the molecule is CCN(CC(=O)OC)c1nc2ccccc2cc1C#N. The lowest BCUT2D eigenvalue weighted by Gasteiger charge is -2.21. The Balaban J connectivity index is 2.50. The standard InChI is InChI=1S/C15H15N3O2/c1-3-18(10-14(19)20-2)15-12(9-16)8-11-6-4-5-7-13(11)17-15/h4-8H,3,10H2,1-2H3. The second kappa shape index (κ2) is 6.02. The number of carbonyl (C=O) groups is 1. The summed E-state index contributed by atoms with van der Waals surface area (Å²) in [5, 5.41) is 10.2. The average Bonchev–Trinajstić information content (AvgIpc) is 2.50. The van der Waals surface area contributed by atoms with Gasteiger partial charge < -0.3 is 9.64 Å². The van der Waals surface area contributed by atoms with E-state index in [9.17, 15) is 10.1 Å². The second-order valence-electron chi connectivity index (χ2n) is 4.25. The van der Waals surface area contributed by atoms with Crippen LogP contribution in [0.1, 0.15) is 12.5 Å². The van der Waals surface area contributed by atoms with Crippen LogP contribution in [0.5, 0.6) is 0 Å². The van der Waals surface area contributed by atoms with Crippen molar-refractivity contribution in [1.29, 1.82) is 5.26 Å². The summed E-state index contributed by atoms with van der Waals surface area (Å²) in [6.45, 7) is 2.54. The van der Waals surface area contributed by atoms with E-state index in [1.807, 2.05) is 31.2 Å². The Morgan fingerprint density at radius 2 is 2.20 bits per heavy atom. The van der Waals surface area contributed by atoms with Crippen LogP contribution in [0.25, 0.3) is 10.9 Å². The molecule has 0 aliphatic carbocycles. The molecule has 20 heavy (non-hydrogen) atoms. The molecule has 2 aromatic rings. The first-order valence-corrected chi connectivity index (χ1v) is 6.31. The van der Waals surface area contributed by atoms with E-state index < -0.39 is 0 Å². The molecule has 0 atom stereocenters. The van der Waals surface area contributed by atoms with Crippen molar-refractivity contribution in [1.82, 2.24) is 4.98 Å². The third kappa shape index (κ3) is 2.69. The summed E-state index contributed by atoms with van der Waals surface area (Å²) in [6, 6.07) is 11.5. The number of methoxy groups -OCH3 is 1. The lowest BCUT2D eigenvalue weighted by molar-refractivity contribution is -0.138. The number of fused-ring (bicyclic) bond motifs is 1. The summed E-state index contributed by atoms with van der Waals surface area (Å²) in [6.07, 6.45) is 0. The number of nitrogens with zero attached hydrogens (tertiary/aromatic N) is 3. The topological polar surface area (TPSA) is 66.2 Å². The molecule has 0 aliphatic rings. The van der Waals surface area contributed by atoms with Crippen molar-refractivity contribution in [3.63, 3.8) is 0 Å². The van der Waals surface area contributed by atoms with Crippen LogP contribution in [0, 0.1) is 11.3 Å². The molecule has 1 aromatic carbocycles. The van der Waals surface area contributed by atoms with Crippen molar-refractivity contribution < 1.29 is 9.53 Å². The molecule has 102 valence electrons. The minimum Gasteiger partial charge on any atom is -0.468 e. The molecule has 0 saturated carbocycles. The van der Waals surface area contributed by atoms with Crippen molar-refractivity contribution in [2.75, 3.05) is 25.1 Å². The molecule has 0 N–H and O–H groups in total. The summed E-state index contributed by atoms with van der Waals surface area (Å²) in [7, 11) is 1.34. The van der Waals surface area contributed by atoms with Crippen LogP contribution in [0.4, 0.5) is 5.82 Å². The Morgan fingerprint density at radius 1 is 1.45 bits per heavy atom. The summed E-state index contributed by atoms with van der Waals surface area (Å²) in [5.74, 6) is 0.157. The highest BCUT2D eigenvalue weighted by Gasteiger charge is 2.16. The molecule has 5 nitrogen and oxygen atoms in total. The van der Waals surface area contributed by atoms with Crippen molar-refractivity contribution in [2.45, 2.75) is 6.92 Å². The fourth-order valence-corrected chi connectivity index (χ4v) is 1.99. The number of esters is 1. The Morgan fingerprint density at radius 3 is 2.85 bits per heavy atom. The molecule has 5 heteroatoms. The molecule has 1 heterocycles. The van der Waals surface area contributed by atoms with Gasteiger partial charge in [-0.3, -0.25) is 4.79 Å². The third-order valence-electron chi connectivity index (χ3n) is 3.05. The molecule has 0 unspecified atom stereocenters. The summed E-state index contributed by atoms with van der Waals surface area (Å²) >= 11 is 0. The quantitative estimate of drug-likeness (QED) is 0.795. The molecule has 0 radical (unpaired) electrons. The maximum absolute atomic E-state index is 11.4. The molecule has 0 bridgehead atoms. The van der Waals surface area contributed by atoms with Crippen LogP contribution in [0.15, 0.2) is 30.3 Å². The maximum Gasteiger partial charge on any atom is 0.325 e. The second-order valence-corrected chi connectivity index (χ2v) is 4.25. The van der Waals surface area contributed by atoms with Crippen molar-refractivity contribution >= 4 is 22.7 Å². The minimum atomic E-state index is -0.356. The van der Waals surface area contributed by atoms with Gasteiger partial charge in [0.05, 0.1) is 18.2 Å². The average molecular weight is 269 g/mol. The molecular weight excluding hydrogens is 254 g/mol. The molecule has 0 aliphatic heterocycles. The van der Waals surface area contributed by atoms with Gasteiger partial charge in [-0.1, -0.05) is 18.2 Å². The highest BCUT2D eigenvalue weighted by molar-refractivity contribution is 5.84.